The number of carbonyl (C=O) groups is 1. The molecule has 2 aromatic carbocycles. The Morgan fingerprint density at radius 2 is 1.50 bits per heavy atom. The molecule has 0 aromatic heterocycles. The molecule has 2 aromatic rings. The van der Waals surface area contributed by atoms with Crippen LogP contribution in [0.2, 0.25) is 0 Å². The molecule has 0 amide bonds. The molecule has 2 aliphatic heterocycles. The summed E-state index contributed by atoms with van der Waals surface area (Å²) in [7, 11) is 0. The van der Waals surface area contributed by atoms with Crippen LogP contribution in [0.4, 0.5) is 0 Å². The minimum atomic E-state index is -1.85. The number of ether oxygens (including phenoxy) is 3. The highest BCUT2D eigenvalue weighted by Gasteiger charge is 2.45. The van der Waals surface area contributed by atoms with Crippen LogP contribution < -0.4 is 9.47 Å². The van der Waals surface area contributed by atoms with Gasteiger partial charge >= 0.3 is 0 Å². The summed E-state index contributed by atoms with van der Waals surface area (Å²) in [4.78, 5) is 12.7. The average Bonchev–Trinajstić information content (AvgIpc) is 2.79. The van der Waals surface area contributed by atoms with Crippen molar-refractivity contribution >= 4 is 5.78 Å². The molecule has 7 atom stereocenters. The summed E-state index contributed by atoms with van der Waals surface area (Å²) in [6, 6.07) is 4.02. The van der Waals surface area contributed by atoms with Gasteiger partial charge in [-0.1, -0.05) is 0 Å². The number of Topliss-reactive ketones (excluding diaryl/α,β-unsaturated/α-hetero) is 1. The lowest BCUT2D eigenvalue weighted by molar-refractivity contribution is -0.277. The lowest BCUT2D eigenvalue weighted by atomic mass is 9.92. The highest BCUT2D eigenvalue weighted by molar-refractivity contribution is 6.05. The smallest absolute Gasteiger partial charge is 0.229 e. The molecule has 9 N–H and O–H groups in total. The van der Waals surface area contributed by atoms with Crippen LogP contribution in [0.3, 0.4) is 0 Å². The van der Waals surface area contributed by atoms with E-state index < -0.39 is 83.9 Å². The number of rotatable bonds is 4. The van der Waals surface area contributed by atoms with Crippen LogP contribution in [0, 0.1) is 0 Å². The van der Waals surface area contributed by atoms with Crippen molar-refractivity contribution < 1.29 is 65.0 Å². The predicted molar refractivity (Wildman–Crippen MR) is 108 cm³/mol. The number of ketones is 1. The molecular weight excluding hydrogens is 460 g/mol. The van der Waals surface area contributed by atoms with Gasteiger partial charge in [0.2, 0.25) is 12.1 Å². The van der Waals surface area contributed by atoms with Crippen molar-refractivity contribution in [2.75, 3.05) is 6.61 Å². The number of aliphatic hydroxyl groups excluding tert-OH is 5. The normalized spacial score (nSPS) is 31.0. The first-order chi connectivity index (χ1) is 16.0. The molecule has 7 unspecified atom stereocenters. The maximum atomic E-state index is 12.7. The van der Waals surface area contributed by atoms with Crippen molar-refractivity contribution in [1.82, 2.24) is 0 Å². The monoisotopic (exact) mass is 482 g/mol. The van der Waals surface area contributed by atoms with E-state index in [1.165, 1.54) is 0 Å². The highest BCUT2D eigenvalue weighted by Crippen LogP contribution is 2.45. The minimum absolute atomic E-state index is 0.0703. The van der Waals surface area contributed by atoms with Crippen molar-refractivity contribution in [3.05, 3.63) is 35.4 Å². The van der Waals surface area contributed by atoms with Crippen LogP contribution >= 0.6 is 0 Å². The summed E-state index contributed by atoms with van der Waals surface area (Å²) in [5.74, 6) is -4.36. The largest absolute Gasteiger partial charge is 0.507 e. The second-order valence-electron chi connectivity index (χ2n) is 7.89. The third kappa shape index (κ3) is 3.94. The first kappa shape index (κ1) is 23.8. The third-order valence-electron chi connectivity index (χ3n) is 5.63. The summed E-state index contributed by atoms with van der Waals surface area (Å²) in [5.41, 5.74) is -0.462. The summed E-state index contributed by atoms with van der Waals surface area (Å²) < 4.78 is 16.3. The summed E-state index contributed by atoms with van der Waals surface area (Å²) in [6.45, 7) is -0.691. The number of aliphatic hydroxyl groups is 5. The quantitative estimate of drug-likeness (QED) is 0.223. The summed E-state index contributed by atoms with van der Waals surface area (Å²) >= 11 is 0. The lowest BCUT2D eigenvalue weighted by Gasteiger charge is -2.39. The standard InChI is InChI=1S/C21H22O13/c22-5-12-15(27)17(29)19(31)21(34-12)32-7-3-8(23)13-11(4-7)33-20(18(30)16(13)28)6-1-9(24)14(26)10(25)2-6/h1-4,12,15,17-27,29-31H,5H2. The number of fused-ring (bicyclic) bond motifs is 1. The molecule has 0 spiro atoms. The van der Waals surface area contributed by atoms with Crippen LogP contribution in [-0.4, -0.2) is 95.2 Å². The molecular formula is C21H22O13. The first-order valence-corrected chi connectivity index (χ1v) is 10.0. The second-order valence-corrected chi connectivity index (χ2v) is 7.89. The van der Waals surface area contributed by atoms with Gasteiger partial charge in [0, 0.05) is 17.7 Å². The fourth-order valence-corrected chi connectivity index (χ4v) is 3.81. The maximum Gasteiger partial charge on any atom is 0.229 e. The SMILES string of the molecule is O=C1c2c(O)cc(OC3OC(CO)C(O)C(O)C3O)cc2OC(c2cc(O)c(O)c(O)c2)C1O. The number of carbonyl (C=O) groups excluding carboxylic acids is 1. The van der Waals surface area contributed by atoms with E-state index in [1.54, 1.807) is 0 Å². The van der Waals surface area contributed by atoms with Crippen molar-refractivity contribution in [1.29, 1.82) is 0 Å². The van der Waals surface area contributed by atoms with Crippen LogP contribution in [0.15, 0.2) is 24.3 Å². The van der Waals surface area contributed by atoms with Crippen molar-refractivity contribution in [2.24, 2.45) is 0 Å². The van der Waals surface area contributed by atoms with Gasteiger partial charge in [0.25, 0.3) is 0 Å². The average molecular weight is 482 g/mol. The van der Waals surface area contributed by atoms with Crippen molar-refractivity contribution in [3.63, 3.8) is 0 Å². The van der Waals surface area contributed by atoms with Gasteiger partial charge in [-0.15, -0.1) is 0 Å². The number of phenolic OH excluding ortho intramolecular Hbond substituents is 4. The third-order valence-corrected chi connectivity index (χ3v) is 5.63. The Labute approximate surface area is 190 Å². The van der Waals surface area contributed by atoms with E-state index in [0.29, 0.717) is 0 Å². The van der Waals surface area contributed by atoms with E-state index in [9.17, 15) is 50.8 Å². The zero-order valence-corrected chi connectivity index (χ0v) is 17.2. The molecule has 4 rings (SSSR count). The Morgan fingerprint density at radius 1 is 0.853 bits per heavy atom. The molecule has 2 heterocycles. The van der Waals surface area contributed by atoms with Gasteiger partial charge in [0.1, 0.15) is 47.2 Å². The van der Waals surface area contributed by atoms with Gasteiger partial charge in [-0.25, -0.2) is 0 Å². The number of benzene rings is 2. The minimum Gasteiger partial charge on any atom is -0.507 e. The maximum absolute atomic E-state index is 12.7. The van der Waals surface area contributed by atoms with Crippen LogP contribution in [0.1, 0.15) is 22.0 Å². The molecule has 0 saturated carbocycles. The Hall–Kier alpha value is -3.33. The molecule has 34 heavy (non-hydrogen) atoms. The Bertz CT molecular complexity index is 1080. The number of hydrogen-bond acceptors (Lipinski definition) is 13. The first-order valence-electron chi connectivity index (χ1n) is 10.0. The van der Waals surface area contributed by atoms with Gasteiger partial charge in [0.05, 0.1) is 6.61 Å². The highest BCUT2D eigenvalue weighted by atomic mass is 16.7. The van der Waals surface area contributed by atoms with Crippen molar-refractivity contribution in [3.8, 4) is 34.5 Å². The molecule has 184 valence electrons. The number of phenols is 4. The molecule has 0 aliphatic carbocycles. The second kappa shape index (κ2) is 8.79. The van der Waals surface area contributed by atoms with E-state index in [-0.39, 0.29) is 17.1 Å². The molecule has 0 radical (unpaired) electrons. The topological polar surface area (TPSA) is 227 Å². The Balaban J connectivity index is 1.66. The van der Waals surface area contributed by atoms with E-state index in [4.69, 9.17) is 14.2 Å². The van der Waals surface area contributed by atoms with Gasteiger partial charge in [-0.3, -0.25) is 4.79 Å². The fourth-order valence-electron chi connectivity index (χ4n) is 3.81. The zero-order valence-electron chi connectivity index (χ0n) is 17.2. The molecule has 13 heteroatoms. The Kier molecular flexibility index (Phi) is 6.16. The summed E-state index contributed by atoms with van der Waals surface area (Å²) in [5, 5.41) is 89.0. The van der Waals surface area contributed by atoms with E-state index >= 15 is 0 Å². The lowest BCUT2D eigenvalue weighted by Crippen LogP contribution is -2.60. The van der Waals surface area contributed by atoms with Gasteiger partial charge < -0.3 is 60.2 Å². The van der Waals surface area contributed by atoms with Crippen LogP contribution in [-0.2, 0) is 4.74 Å². The van der Waals surface area contributed by atoms with E-state index in [2.05, 4.69) is 0 Å². The molecule has 1 fully saturated rings. The zero-order chi connectivity index (χ0) is 24.9. The van der Waals surface area contributed by atoms with Crippen molar-refractivity contribution in [2.45, 2.75) is 42.9 Å². The predicted octanol–water partition coefficient (Wildman–Crippen LogP) is -1.64. The van der Waals surface area contributed by atoms with Gasteiger partial charge in [-0.2, -0.15) is 0 Å². The Morgan fingerprint density at radius 3 is 2.12 bits per heavy atom. The molecule has 13 nitrogen and oxygen atoms in total. The molecule has 2 aliphatic rings. The van der Waals surface area contributed by atoms with E-state index in [1.807, 2.05) is 0 Å². The number of hydrogen-bond donors (Lipinski definition) is 9. The molecule has 1 saturated heterocycles. The van der Waals surface area contributed by atoms with Gasteiger partial charge in [0.15, 0.2) is 29.5 Å². The van der Waals surface area contributed by atoms with E-state index in [0.717, 1.165) is 24.3 Å². The van der Waals surface area contributed by atoms with Gasteiger partial charge in [-0.05, 0) is 12.1 Å². The van der Waals surface area contributed by atoms with Crippen LogP contribution in [0.5, 0.6) is 34.5 Å². The number of aromatic hydroxyl groups is 4. The summed E-state index contributed by atoms with van der Waals surface area (Å²) in [6.07, 6.45) is -11.2. The molecule has 0 bridgehead atoms. The fraction of sp³-hybridized carbons (Fsp3) is 0.381. The van der Waals surface area contributed by atoms with Crippen LogP contribution in [0.25, 0.3) is 0 Å².